The van der Waals surface area contributed by atoms with E-state index in [4.69, 9.17) is 0 Å². The van der Waals surface area contributed by atoms with Gasteiger partial charge < -0.3 is 4.90 Å². The van der Waals surface area contributed by atoms with Crippen LogP contribution in [0, 0.1) is 10.1 Å². The third kappa shape index (κ3) is 1.66. The van der Waals surface area contributed by atoms with Crippen molar-refractivity contribution >= 4 is 5.82 Å². The van der Waals surface area contributed by atoms with Crippen molar-refractivity contribution in [2.24, 2.45) is 0 Å². The van der Waals surface area contributed by atoms with E-state index in [1.165, 1.54) is 0 Å². The van der Waals surface area contributed by atoms with Gasteiger partial charge in [-0.3, -0.25) is 10.1 Å². The predicted octanol–water partition coefficient (Wildman–Crippen LogP) is 0.937. The Bertz CT molecular complexity index is 328. The Kier molecular flexibility index (Phi) is 2.30. The van der Waals surface area contributed by atoms with Crippen LogP contribution in [0.5, 0.6) is 0 Å². The second kappa shape index (κ2) is 3.61. The van der Waals surface area contributed by atoms with Crippen molar-refractivity contribution in [3.63, 3.8) is 0 Å². The van der Waals surface area contributed by atoms with Crippen molar-refractivity contribution in [2.75, 3.05) is 18.0 Å². The monoisotopic (exact) mass is 193 g/mol. The lowest BCUT2D eigenvalue weighted by Crippen LogP contribution is -2.26. The highest BCUT2D eigenvalue weighted by Gasteiger charge is 2.31. The Morgan fingerprint density at radius 1 is 1.57 bits per heavy atom. The summed E-state index contributed by atoms with van der Waals surface area (Å²) in [4.78, 5) is 16.4. The SMILES string of the molecule is O=[N+]([O-])C1CCN(c2ccccn2)C1. The second-order valence-corrected chi connectivity index (χ2v) is 3.36. The maximum Gasteiger partial charge on any atom is 0.232 e. The molecule has 0 spiro atoms. The first-order chi connectivity index (χ1) is 6.77. The van der Waals surface area contributed by atoms with Crippen LogP contribution in [0.25, 0.3) is 0 Å². The molecule has 1 unspecified atom stereocenters. The van der Waals surface area contributed by atoms with E-state index >= 15 is 0 Å². The van der Waals surface area contributed by atoms with Crippen molar-refractivity contribution in [2.45, 2.75) is 12.5 Å². The Labute approximate surface area is 81.5 Å². The number of anilines is 1. The van der Waals surface area contributed by atoms with Gasteiger partial charge in [0.2, 0.25) is 6.04 Å². The largest absolute Gasteiger partial charge is 0.349 e. The topological polar surface area (TPSA) is 59.3 Å². The molecule has 0 amide bonds. The summed E-state index contributed by atoms with van der Waals surface area (Å²) in [5.74, 6) is 0.830. The molecule has 14 heavy (non-hydrogen) atoms. The van der Waals surface area contributed by atoms with Gasteiger partial charge in [-0.05, 0) is 12.1 Å². The Morgan fingerprint density at radius 2 is 2.43 bits per heavy atom. The molecule has 1 fully saturated rings. The molecular weight excluding hydrogens is 182 g/mol. The van der Waals surface area contributed by atoms with Crippen LogP contribution in [0.15, 0.2) is 24.4 Å². The fraction of sp³-hybridized carbons (Fsp3) is 0.444. The van der Waals surface area contributed by atoms with Crippen LogP contribution in [0.2, 0.25) is 0 Å². The van der Waals surface area contributed by atoms with E-state index in [9.17, 15) is 10.1 Å². The molecule has 1 aromatic heterocycles. The van der Waals surface area contributed by atoms with Crippen LogP contribution in [0.3, 0.4) is 0 Å². The molecule has 1 aromatic rings. The Morgan fingerprint density at radius 3 is 3.00 bits per heavy atom. The summed E-state index contributed by atoms with van der Waals surface area (Å²) in [6.07, 6.45) is 2.32. The van der Waals surface area contributed by atoms with Gasteiger partial charge in [-0.25, -0.2) is 4.98 Å². The fourth-order valence-electron chi connectivity index (χ4n) is 1.66. The summed E-state index contributed by atoms with van der Waals surface area (Å²) in [5, 5.41) is 10.5. The van der Waals surface area contributed by atoms with Gasteiger partial charge in [0.05, 0.1) is 6.54 Å². The van der Waals surface area contributed by atoms with Gasteiger partial charge in [-0.2, -0.15) is 0 Å². The number of hydrogen-bond acceptors (Lipinski definition) is 4. The van der Waals surface area contributed by atoms with Crippen molar-refractivity contribution in [3.8, 4) is 0 Å². The highest BCUT2D eigenvalue weighted by atomic mass is 16.6. The highest BCUT2D eigenvalue weighted by molar-refractivity contribution is 5.39. The van der Waals surface area contributed by atoms with E-state index in [-0.39, 0.29) is 4.92 Å². The summed E-state index contributed by atoms with van der Waals surface area (Å²) in [6, 6.07) is 5.17. The molecule has 1 atom stereocenters. The van der Waals surface area contributed by atoms with Crippen LogP contribution >= 0.6 is 0 Å². The van der Waals surface area contributed by atoms with Crippen molar-refractivity contribution in [1.82, 2.24) is 4.98 Å². The van der Waals surface area contributed by atoms with Gasteiger partial charge in [-0.1, -0.05) is 6.07 Å². The van der Waals surface area contributed by atoms with Crippen molar-refractivity contribution < 1.29 is 4.92 Å². The fourth-order valence-corrected chi connectivity index (χ4v) is 1.66. The molecule has 1 aliphatic rings. The molecule has 5 nitrogen and oxygen atoms in total. The van der Waals surface area contributed by atoms with Gasteiger partial charge >= 0.3 is 0 Å². The number of aromatic nitrogens is 1. The van der Waals surface area contributed by atoms with Crippen molar-refractivity contribution in [3.05, 3.63) is 34.5 Å². The quantitative estimate of drug-likeness (QED) is 0.518. The van der Waals surface area contributed by atoms with Crippen molar-refractivity contribution in [1.29, 1.82) is 0 Å². The van der Waals surface area contributed by atoms with E-state index in [1.54, 1.807) is 6.20 Å². The van der Waals surface area contributed by atoms with E-state index in [1.807, 2.05) is 23.1 Å². The summed E-state index contributed by atoms with van der Waals surface area (Å²) in [5.41, 5.74) is 0. The van der Waals surface area contributed by atoms with Crippen LogP contribution in [-0.4, -0.2) is 29.0 Å². The molecule has 0 radical (unpaired) electrons. The summed E-state index contributed by atoms with van der Waals surface area (Å²) < 4.78 is 0. The van der Waals surface area contributed by atoms with E-state index in [0.717, 1.165) is 12.4 Å². The van der Waals surface area contributed by atoms with Gasteiger partial charge in [0, 0.05) is 24.1 Å². The minimum absolute atomic E-state index is 0.205. The molecule has 2 heterocycles. The standard InChI is InChI=1S/C9H11N3O2/c13-12(14)8-4-6-11(7-8)9-3-1-2-5-10-9/h1-3,5,8H,4,6-7H2. The molecule has 0 N–H and O–H groups in total. The lowest BCUT2D eigenvalue weighted by molar-refractivity contribution is -0.516. The first-order valence-corrected chi connectivity index (χ1v) is 4.57. The third-order valence-corrected chi connectivity index (χ3v) is 2.43. The van der Waals surface area contributed by atoms with Crippen LogP contribution in [0.4, 0.5) is 5.82 Å². The van der Waals surface area contributed by atoms with Crippen LogP contribution < -0.4 is 4.90 Å². The lowest BCUT2D eigenvalue weighted by Gasteiger charge is -2.14. The normalized spacial score (nSPS) is 21.1. The molecule has 1 aliphatic heterocycles. The molecule has 0 saturated carbocycles. The molecule has 74 valence electrons. The van der Waals surface area contributed by atoms with E-state index in [0.29, 0.717) is 13.0 Å². The molecule has 0 aliphatic carbocycles. The molecule has 1 saturated heterocycles. The first kappa shape index (κ1) is 8.93. The average molecular weight is 193 g/mol. The zero-order chi connectivity index (χ0) is 9.97. The number of hydrogen-bond donors (Lipinski definition) is 0. The maximum atomic E-state index is 10.5. The molecular formula is C9H11N3O2. The van der Waals surface area contributed by atoms with E-state index < -0.39 is 6.04 Å². The smallest absolute Gasteiger partial charge is 0.232 e. The molecule has 2 rings (SSSR count). The van der Waals surface area contributed by atoms with E-state index in [2.05, 4.69) is 4.98 Å². The summed E-state index contributed by atoms with van der Waals surface area (Å²) >= 11 is 0. The minimum atomic E-state index is -0.433. The number of nitro groups is 1. The summed E-state index contributed by atoms with van der Waals surface area (Å²) in [7, 11) is 0. The molecule has 5 heteroatoms. The molecule has 0 bridgehead atoms. The van der Waals surface area contributed by atoms with Gasteiger partial charge in [0.1, 0.15) is 5.82 Å². The minimum Gasteiger partial charge on any atom is -0.349 e. The summed E-state index contributed by atoms with van der Waals surface area (Å²) in [6.45, 7) is 1.20. The van der Waals surface area contributed by atoms with Gasteiger partial charge in [0.15, 0.2) is 0 Å². The predicted molar refractivity (Wildman–Crippen MR) is 51.8 cm³/mol. The number of pyridine rings is 1. The first-order valence-electron chi connectivity index (χ1n) is 4.57. The zero-order valence-electron chi connectivity index (χ0n) is 7.67. The lowest BCUT2D eigenvalue weighted by atomic mass is 10.3. The van der Waals surface area contributed by atoms with Gasteiger partial charge in [-0.15, -0.1) is 0 Å². The van der Waals surface area contributed by atoms with Crippen LogP contribution in [-0.2, 0) is 0 Å². The average Bonchev–Trinajstić information content (AvgIpc) is 2.68. The number of nitrogens with zero attached hydrogens (tertiary/aromatic N) is 3. The zero-order valence-corrected chi connectivity index (χ0v) is 7.67. The number of rotatable bonds is 2. The Hall–Kier alpha value is -1.65. The van der Waals surface area contributed by atoms with Gasteiger partial charge in [0.25, 0.3) is 0 Å². The Balaban J connectivity index is 2.06. The molecule has 0 aromatic carbocycles. The maximum absolute atomic E-state index is 10.5. The second-order valence-electron chi connectivity index (χ2n) is 3.36. The highest BCUT2D eigenvalue weighted by Crippen LogP contribution is 2.18. The third-order valence-electron chi connectivity index (χ3n) is 2.43. The van der Waals surface area contributed by atoms with Crippen LogP contribution in [0.1, 0.15) is 6.42 Å².